The molecule has 1 saturated carbocycles. The van der Waals surface area contributed by atoms with Gasteiger partial charge >= 0.3 is 0 Å². The smallest absolute Gasteiger partial charge is 0.223 e. The summed E-state index contributed by atoms with van der Waals surface area (Å²) in [5.74, 6) is 0.120. The number of carbonyl (C=O) groups is 1. The summed E-state index contributed by atoms with van der Waals surface area (Å²) >= 11 is 0. The summed E-state index contributed by atoms with van der Waals surface area (Å²) in [6, 6.07) is 4.80. The van der Waals surface area contributed by atoms with Crippen LogP contribution in [0.1, 0.15) is 51.5 Å². The SMILES string of the molecule is CC(C)(CNC(=O)C1CCCCC1)c1c[nH]c2cc(F)ccc12. The summed E-state index contributed by atoms with van der Waals surface area (Å²) in [6.45, 7) is 4.81. The topological polar surface area (TPSA) is 44.9 Å². The van der Waals surface area contributed by atoms with Crippen molar-refractivity contribution in [2.24, 2.45) is 5.92 Å². The van der Waals surface area contributed by atoms with E-state index in [0.29, 0.717) is 6.54 Å². The minimum Gasteiger partial charge on any atom is -0.361 e. The van der Waals surface area contributed by atoms with Gasteiger partial charge in [0.25, 0.3) is 0 Å². The number of hydrogen-bond donors (Lipinski definition) is 2. The summed E-state index contributed by atoms with van der Waals surface area (Å²) in [5, 5.41) is 4.15. The molecule has 0 spiro atoms. The summed E-state index contributed by atoms with van der Waals surface area (Å²) in [7, 11) is 0. The molecule has 0 saturated heterocycles. The molecule has 0 unspecified atom stereocenters. The van der Waals surface area contributed by atoms with E-state index in [9.17, 15) is 9.18 Å². The second kappa shape index (κ2) is 6.34. The van der Waals surface area contributed by atoms with Gasteiger partial charge in [-0.25, -0.2) is 4.39 Å². The first-order chi connectivity index (χ1) is 11.0. The molecule has 1 fully saturated rings. The van der Waals surface area contributed by atoms with Crippen molar-refractivity contribution in [2.75, 3.05) is 6.54 Å². The van der Waals surface area contributed by atoms with Gasteiger partial charge in [-0.05, 0) is 36.6 Å². The van der Waals surface area contributed by atoms with Crippen LogP contribution in [0.2, 0.25) is 0 Å². The van der Waals surface area contributed by atoms with Gasteiger partial charge in [0.1, 0.15) is 5.82 Å². The summed E-state index contributed by atoms with van der Waals surface area (Å²) in [6.07, 6.45) is 7.53. The third kappa shape index (κ3) is 3.41. The Hall–Kier alpha value is -1.84. The lowest BCUT2D eigenvalue weighted by molar-refractivity contribution is -0.126. The molecule has 23 heavy (non-hydrogen) atoms. The maximum absolute atomic E-state index is 13.3. The zero-order valence-electron chi connectivity index (χ0n) is 13.9. The van der Waals surface area contributed by atoms with Gasteiger partial charge in [0, 0.05) is 35.0 Å². The predicted molar refractivity (Wildman–Crippen MR) is 90.9 cm³/mol. The Kier molecular flexibility index (Phi) is 4.42. The van der Waals surface area contributed by atoms with Crippen LogP contribution in [0.25, 0.3) is 10.9 Å². The number of hydrogen-bond acceptors (Lipinski definition) is 1. The van der Waals surface area contributed by atoms with Crippen LogP contribution in [-0.4, -0.2) is 17.4 Å². The van der Waals surface area contributed by atoms with Crippen LogP contribution in [-0.2, 0) is 10.2 Å². The molecule has 0 aliphatic heterocycles. The molecular formula is C19H25FN2O. The van der Waals surface area contributed by atoms with E-state index in [4.69, 9.17) is 0 Å². The molecule has 124 valence electrons. The molecule has 0 radical (unpaired) electrons. The van der Waals surface area contributed by atoms with Gasteiger partial charge in [0.15, 0.2) is 0 Å². The Labute approximate surface area is 136 Å². The van der Waals surface area contributed by atoms with E-state index in [-0.39, 0.29) is 23.1 Å². The molecule has 0 bridgehead atoms. The van der Waals surface area contributed by atoms with Gasteiger partial charge < -0.3 is 10.3 Å². The molecular weight excluding hydrogens is 291 g/mol. The lowest BCUT2D eigenvalue weighted by Gasteiger charge is -2.27. The number of nitrogens with one attached hydrogen (secondary N) is 2. The molecule has 1 aliphatic rings. The van der Waals surface area contributed by atoms with E-state index in [2.05, 4.69) is 24.1 Å². The van der Waals surface area contributed by atoms with E-state index >= 15 is 0 Å². The third-order valence-electron chi connectivity index (χ3n) is 5.05. The second-order valence-corrected chi connectivity index (χ2v) is 7.33. The van der Waals surface area contributed by atoms with Crippen LogP contribution in [0.4, 0.5) is 4.39 Å². The average Bonchev–Trinajstić information content (AvgIpc) is 2.97. The van der Waals surface area contributed by atoms with Crippen LogP contribution in [0, 0.1) is 11.7 Å². The maximum atomic E-state index is 13.3. The number of aromatic amines is 1. The molecule has 2 N–H and O–H groups in total. The van der Waals surface area contributed by atoms with E-state index in [1.54, 1.807) is 6.07 Å². The van der Waals surface area contributed by atoms with Gasteiger partial charge in [0.2, 0.25) is 5.91 Å². The minimum atomic E-state index is -0.241. The van der Waals surface area contributed by atoms with E-state index in [1.807, 2.05) is 6.20 Å². The van der Waals surface area contributed by atoms with Crippen molar-refractivity contribution in [1.82, 2.24) is 10.3 Å². The maximum Gasteiger partial charge on any atom is 0.223 e. The van der Waals surface area contributed by atoms with Crippen molar-refractivity contribution >= 4 is 16.8 Å². The van der Waals surface area contributed by atoms with Crippen molar-refractivity contribution in [3.63, 3.8) is 0 Å². The number of halogens is 1. The first-order valence-electron chi connectivity index (χ1n) is 8.52. The van der Waals surface area contributed by atoms with Crippen LogP contribution >= 0.6 is 0 Å². The summed E-state index contributed by atoms with van der Waals surface area (Å²) < 4.78 is 13.3. The van der Waals surface area contributed by atoms with Crippen molar-refractivity contribution < 1.29 is 9.18 Å². The molecule has 4 heteroatoms. The fourth-order valence-corrected chi connectivity index (χ4v) is 3.57. The number of H-pyrrole nitrogens is 1. The molecule has 1 heterocycles. The van der Waals surface area contributed by atoms with Crippen molar-refractivity contribution in [3.8, 4) is 0 Å². The first-order valence-corrected chi connectivity index (χ1v) is 8.52. The van der Waals surface area contributed by atoms with Crippen molar-refractivity contribution in [3.05, 3.63) is 35.8 Å². The molecule has 2 aromatic rings. The number of aromatic nitrogens is 1. The average molecular weight is 316 g/mol. The Morgan fingerprint density at radius 1 is 1.30 bits per heavy atom. The molecule has 3 nitrogen and oxygen atoms in total. The van der Waals surface area contributed by atoms with E-state index < -0.39 is 0 Å². The van der Waals surface area contributed by atoms with Gasteiger partial charge in [-0.2, -0.15) is 0 Å². The Morgan fingerprint density at radius 3 is 2.78 bits per heavy atom. The molecule has 1 aliphatic carbocycles. The number of carbonyl (C=O) groups excluding carboxylic acids is 1. The molecule has 1 amide bonds. The van der Waals surface area contributed by atoms with Gasteiger partial charge in [-0.1, -0.05) is 33.1 Å². The molecule has 0 atom stereocenters. The van der Waals surface area contributed by atoms with Gasteiger partial charge in [-0.3, -0.25) is 4.79 Å². The lowest BCUT2D eigenvalue weighted by Crippen LogP contribution is -2.40. The predicted octanol–water partition coefficient (Wildman–Crippen LogP) is 4.28. The highest BCUT2D eigenvalue weighted by Crippen LogP contribution is 2.31. The largest absolute Gasteiger partial charge is 0.361 e. The number of rotatable bonds is 4. The van der Waals surface area contributed by atoms with Crippen molar-refractivity contribution in [1.29, 1.82) is 0 Å². The van der Waals surface area contributed by atoms with Crippen LogP contribution < -0.4 is 5.32 Å². The first kappa shape index (κ1) is 16.0. The normalized spacial score (nSPS) is 16.7. The highest BCUT2D eigenvalue weighted by molar-refractivity contribution is 5.84. The Morgan fingerprint density at radius 2 is 2.04 bits per heavy atom. The van der Waals surface area contributed by atoms with Crippen LogP contribution in [0.15, 0.2) is 24.4 Å². The molecule has 1 aromatic carbocycles. The highest BCUT2D eigenvalue weighted by atomic mass is 19.1. The van der Waals surface area contributed by atoms with Gasteiger partial charge in [0.05, 0.1) is 0 Å². The Bertz CT molecular complexity index is 698. The third-order valence-corrected chi connectivity index (χ3v) is 5.05. The second-order valence-electron chi connectivity index (χ2n) is 7.33. The van der Waals surface area contributed by atoms with E-state index in [1.165, 1.54) is 18.6 Å². The standard InChI is InChI=1S/C19H25FN2O/c1-19(2,12-22-18(23)13-6-4-3-5-7-13)16-11-21-17-10-14(20)8-9-15(16)17/h8-11,13,21H,3-7,12H2,1-2H3,(H,22,23). The van der Waals surface area contributed by atoms with Crippen LogP contribution in [0.3, 0.4) is 0 Å². The summed E-state index contributed by atoms with van der Waals surface area (Å²) in [4.78, 5) is 15.5. The van der Waals surface area contributed by atoms with Gasteiger partial charge in [-0.15, -0.1) is 0 Å². The van der Waals surface area contributed by atoms with Crippen LogP contribution in [0.5, 0.6) is 0 Å². The fourth-order valence-electron chi connectivity index (χ4n) is 3.57. The number of fused-ring (bicyclic) bond motifs is 1. The molecule has 3 rings (SSSR count). The summed E-state index contributed by atoms with van der Waals surface area (Å²) in [5.41, 5.74) is 1.70. The zero-order valence-corrected chi connectivity index (χ0v) is 13.9. The quantitative estimate of drug-likeness (QED) is 0.869. The monoisotopic (exact) mass is 316 g/mol. The highest BCUT2D eigenvalue weighted by Gasteiger charge is 2.27. The number of amides is 1. The minimum absolute atomic E-state index is 0.177. The lowest BCUT2D eigenvalue weighted by atomic mass is 9.83. The molecule has 1 aromatic heterocycles. The fraction of sp³-hybridized carbons (Fsp3) is 0.526. The van der Waals surface area contributed by atoms with E-state index in [0.717, 1.165) is 42.1 Å². The Balaban J connectivity index is 1.71. The number of benzene rings is 1. The van der Waals surface area contributed by atoms with Crippen molar-refractivity contribution in [2.45, 2.75) is 51.4 Å². The zero-order chi connectivity index (χ0) is 16.4.